The Labute approximate surface area is 196 Å². The van der Waals surface area contributed by atoms with Gasteiger partial charge in [-0.2, -0.15) is 0 Å². The number of anilines is 2. The second-order valence-corrected chi connectivity index (χ2v) is 9.44. The van der Waals surface area contributed by atoms with Gasteiger partial charge in [-0.25, -0.2) is 0 Å². The fourth-order valence-corrected chi connectivity index (χ4v) is 4.79. The predicted molar refractivity (Wildman–Crippen MR) is 135 cm³/mol. The Hall–Kier alpha value is -2.91. The van der Waals surface area contributed by atoms with Crippen molar-refractivity contribution in [3.05, 3.63) is 87.9 Å². The van der Waals surface area contributed by atoms with Gasteiger partial charge in [0.2, 0.25) is 0 Å². The highest BCUT2D eigenvalue weighted by molar-refractivity contribution is 6.31. The van der Waals surface area contributed by atoms with Crippen molar-refractivity contribution in [1.29, 1.82) is 0 Å². The first-order valence-electron chi connectivity index (χ1n) is 10.9. The lowest BCUT2D eigenvalue weighted by Gasteiger charge is -2.44. The fraction of sp³-hybridized carbons (Fsp3) is 0.286. The number of aryl methyl sites for hydroxylation is 2. The largest absolute Gasteiger partial charge is 0.495 e. The summed E-state index contributed by atoms with van der Waals surface area (Å²) < 4.78 is 12.0. The van der Waals surface area contributed by atoms with Gasteiger partial charge in [-0.05, 0) is 87.2 Å². The fourth-order valence-electron chi connectivity index (χ4n) is 4.62. The number of benzene rings is 3. The van der Waals surface area contributed by atoms with Crippen molar-refractivity contribution in [1.82, 2.24) is 0 Å². The van der Waals surface area contributed by atoms with E-state index in [0.29, 0.717) is 11.6 Å². The first-order valence-corrected chi connectivity index (χ1v) is 11.2. The maximum atomic E-state index is 6.40. The summed E-state index contributed by atoms with van der Waals surface area (Å²) in [5.41, 5.74) is 7.72. The van der Waals surface area contributed by atoms with E-state index in [9.17, 15) is 0 Å². The molecule has 3 aromatic carbocycles. The number of hydrogen-bond donors (Lipinski definition) is 0. The minimum atomic E-state index is -0.262. The zero-order valence-corrected chi connectivity index (χ0v) is 20.4. The highest BCUT2D eigenvalue weighted by atomic mass is 35.5. The molecule has 0 saturated carbocycles. The van der Waals surface area contributed by atoms with Crippen molar-refractivity contribution in [2.45, 2.75) is 46.8 Å². The van der Waals surface area contributed by atoms with Gasteiger partial charge in [-0.1, -0.05) is 41.9 Å². The molecule has 32 heavy (non-hydrogen) atoms. The molecule has 3 aromatic rings. The number of rotatable bonds is 5. The minimum absolute atomic E-state index is 0.262. The van der Waals surface area contributed by atoms with Crippen LogP contribution in [-0.4, -0.2) is 12.6 Å². The van der Waals surface area contributed by atoms with Crippen molar-refractivity contribution < 1.29 is 9.47 Å². The molecule has 0 atom stereocenters. The van der Waals surface area contributed by atoms with Crippen LogP contribution in [0.2, 0.25) is 5.02 Å². The Kier molecular flexibility index (Phi) is 5.96. The Morgan fingerprint density at radius 1 is 0.906 bits per heavy atom. The van der Waals surface area contributed by atoms with Gasteiger partial charge in [-0.3, -0.25) is 0 Å². The van der Waals surface area contributed by atoms with Gasteiger partial charge in [-0.15, -0.1) is 0 Å². The van der Waals surface area contributed by atoms with Crippen LogP contribution in [0.3, 0.4) is 0 Å². The van der Waals surface area contributed by atoms with Crippen LogP contribution in [0, 0.1) is 13.8 Å². The SMILES string of the molecule is COc1ccc(Cl)cc1N1c2cccc(COc3cc(C)ccc3C)c2C(C)=CC1(C)C. The van der Waals surface area contributed by atoms with Gasteiger partial charge in [0.05, 0.1) is 18.3 Å². The van der Waals surface area contributed by atoms with Crippen LogP contribution in [0.4, 0.5) is 11.4 Å². The molecule has 1 aliphatic rings. The first-order chi connectivity index (χ1) is 15.2. The number of halogens is 1. The third-order valence-electron chi connectivity index (χ3n) is 6.02. The van der Waals surface area contributed by atoms with E-state index in [1.165, 1.54) is 16.7 Å². The zero-order chi connectivity index (χ0) is 23.0. The lowest BCUT2D eigenvalue weighted by Crippen LogP contribution is -2.42. The van der Waals surface area contributed by atoms with Gasteiger partial charge in [0.15, 0.2) is 0 Å². The van der Waals surface area contributed by atoms with E-state index in [1.807, 2.05) is 18.2 Å². The Morgan fingerprint density at radius 2 is 1.69 bits per heavy atom. The Balaban J connectivity index is 1.81. The van der Waals surface area contributed by atoms with Crippen LogP contribution in [-0.2, 0) is 6.61 Å². The smallest absolute Gasteiger partial charge is 0.142 e. The van der Waals surface area contributed by atoms with Crippen molar-refractivity contribution >= 4 is 28.5 Å². The van der Waals surface area contributed by atoms with Crippen LogP contribution in [0.15, 0.2) is 60.7 Å². The average molecular weight is 448 g/mol. The van der Waals surface area contributed by atoms with E-state index in [4.69, 9.17) is 21.1 Å². The standard InChI is InChI=1S/C28H30ClNO2/c1-18-10-11-19(2)26(14-18)32-17-21-8-7-9-23-27(21)20(3)16-28(4,5)30(23)24-15-22(29)12-13-25(24)31-6/h7-16H,17H2,1-6H3. The van der Waals surface area contributed by atoms with E-state index < -0.39 is 0 Å². The second-order valence-electron chi connectivity index (χ2n) is 9.00. The van der Waals surface area contributed by atoms with Gasteiger partial charge < -0.3 is 14.4 Å². The summed E-state index contributed by atoms with van der Waals surface area (Å²) in [6.07, 6.45) is 2.30. The second kappa shape index (κ2) is 8.55. The number of fused-ring (bicyclic) bond motifs is 1. The van der Waals surface area contributed by atoms with E-state index >= 15 is 0 Å². The molecule has 3 nitrogen and oxygen atoms in total. The Bertz CT molecular complexity index is 1200. The van der Waals surface area contributed by atoms with Crippen LogP contribution in [0.5, 0.6) is 11.5 Å². The third kappa shape index (κ3) is 4.10. The third-order valence-corrected chi connectivity index (χ3v) is 6.25. The van der Waals surface area contributed by atoms with Crippen LogP contribution in [0.25, 0.3) is 5.57 Å². The lowest BCUT2D eigenvalue weighted by atomic mass is 9.86. The van der Waals surface area contributed by atoms with E-state index in [2.05, 4.69) is 82.0 Å². The summed E-state index contributed by atoms with van der Waals surface area (Å²) in [5.74, 6) is 1.71. The molecule has 1 aliphatic heterocycles. The van der Waals surface area contributed by atoms with Crippen molar-refractivity contribution in [2.24, 2.45) is 0 Å². The van der Waals surface area contributed by atoms with Gasteiger partial charge in [0.25, 0.3) is 0 Å². The summed E-state index contributed by atoms with van der Waals surface area (Å²) >= 11 is 6.40. The lowest BCUT2D eigenvalue weighted by molar-refractivity contribution is 0.303. The van der Waals surface area contributed by atoms with Crippen LogP contribution < -0.4 is 14.4 Å². The number of methoxy groups -OCH3 is 1. The zero-order valence-electron chi connectivity index (χ0n) is 19.6. The van der Waals surface area contributed by atoms with Gasteiger partial charge in [0, 0.05) is 16.3 Å². The summed E-state index contributed by atoms with van der Waals surface area (Å²) in [7, 11) is 1.69. The molecule has 0 spiro atoms. The number of ether oxygens (including phenoxy) is 2. The van der Waals surface area contributed by atoms with E-state index in [-0.39, 0.29) is 5.54 Å². The molecule has 4 heteroatoms. The number of nitrogens with zero attached hydrogens (tertiary/aromatic N) is 1. The van der Waals surface area contributed by atoms with Crippen molar-refractivity contribution in [3.8, 4) is 11.5 Å². The predicted octanol–water partition coefficient (Wildman–Crippen LogP) is 7.88. The molecule has 0 aliphatic carbocycles. The molecule has 0 fully saturated rings. The van der Waals surface area contributed by atoms with Gasteiger partial charge in [0.1, 0.15) is 18.1 Å². The monoisotopic (exact) mass is 447 g/mol. The summed E-state index contributed by atoms with van der Waals surface area (Å²) in [6.45, 7) is 11.3. The first kappa shape index (κ1) is 22.3. The summed E-state index contributed by atoms with van der Waals surface area (Å²) in [4.78, 5) is 2.31. The molecule has 0 amide bonds. The molecule has 4 rings (SSSR count). The summed E-state index contributed by atoms with van der Waals surface area (Å²) in [5, 5.41) is 0.679. The molecule has 0 aromatic heterocycles. The van der Waals surface area contributed by atoms with Crippen LogP contribution >= 0.6 is 11.6 Å². The van der Waals surface area contributed by atoms with Crippen LogP contribution in [0.1, 0.15) is 43.0 Å². The molecule has 0 N–H and O–H groups in total. The molecule has 0 saturated heterocycles. The molecule has 1 heterocycles. The van der Waals surface area contributed by atoms with Crippen molar-refractivity contribution in [3.63, 3.8) is 0 Å². The molecular formula is C28H30ClNO2. The summed E-state index contributed by atoms with van der Waals surface area (Å²) in [6, 6.07) is 18.5. The molecule has 166 valence electrons. The Morgan fingerprint density at radius 3 is 2.44 bits per heavy atom. The molecule has 0 radical (unpaired) electrons. The van der Waals surface area contributed by atoms with Gasteiger partial charge >= 0.3 is 0 Å². The molecular weight excluding hydrogens is 418 g/mol. The quantitative estimate of drug-likeness (QED) is 0.397. The number of allylic oxidation sites excluding steroid dienone is 1. The van der Waals surface area contributed by atoms with E-state index in [1.54, 1.807) is 7.11 Å². The van der Waals surface area contributed by atoms with E-state index in [0.717, 1.165) is 34.0 Å². The highest BCUT2D eigenvalue weighted by Crippen LogP contribution is 2.48. The molecule has 0 unspecified atom stereocenters. The minimum Gasteiger partial charge on any atom is -0.495 e. The highest BCUT2D eigenvalue weighted by Gasteiger charge is 2.35. The number of hydrogen-bond acceptors (Lipinski definition) is 3. The normalized spacial score (nSPS) is 14.6. The van der Waals surface area contributed by atoms with Crippen molar-refractivity contribution in [2.75, 3.05) is 12.0 Å². The topological polar surface area (TPSA) is 21.7 Å². The maximum Gasteiger partial charge on any atom is 0.142 e. The average Bonchev–Trinajstić information content (AvgIpc) is 2.73. The molecule has 0 bridgehead atoms. The maximum absolute atomic E-state index is 6.40.